The largest absolute Gasteiger partial charge is 0.363 e. The maximum Gasteiger partial charge on any atom is 0.239 e. The van der Waals surface area contributed by atoms with Crippen LogP contribution in [0.3, 0.4) is 0 Å². The summed E-state index contributed by atoms with van der Waals surface area (Å²) in [6, 6.07) is 13.8. The predicted molar refractivity (Wildman–Crippen MR) is 85.1 cm³/mol. The zero-order valence-electron chi connectivity index (χ0n) is 12.5. The number of aromatic nitrogens is 1. The van der Waals surface area contributed by atoms with Crippen molar-refractivity contribution in [1.29, 1.82) is 0 Å². The van der Waals surface area contributed by atoms with Crippen molar-refractivity contribution < 1.29 is 4.79 Å². The van der Waals surface area contributed by atoms with Gasteiger partial charge >= 0.3 is 0 Å². The molecule has 1 atom stereocenters. The fourth-order valence-corrected chi connectivity index (χ4v) is 2.22. The van der Waals surface area contributed by atoms with Gasteiger partial charge in [-0.1, -0.05) is 18.2 Å². The van der Waals surface area contributed by atoms with E-state index in [9.17, 15) is 4.79 Å². The number of carbonyl (C=O) groups excluding carboxylic acids is 1. The summed E-state index contributed by atoms with van der Waals surface area (Å²) in [4.78, 5) is 18.2. The van der Waals surface area contributed by atoms with Crippen LogP contribution in [0.1, 0.15) is 25.5 Å². The number of hydrogen-bond acceptors (Lipinski definition) is 3. The van der Waals surface area contributed by atoms with Crippen LogP contribution >= 0.6 is 0 Å². The molecule has 1 amide bonds. The monoisotopic (exact) mass is 283 g/mol. The summed E-state index contributed by atoms with van der Waals surface area (Å²) in [5.41, 5.74) is 2.12. The van der Waals surface area contributed by atoms with Crippen LogP contribution in [0.25, 0.3) is 0 Å². The molecule has 0 aliphatic carbocycles. The second kappa shape index (κ2) is 7.43. The van der Waals surface area contributed by atoms with Gasteiger partial charge in [0.2, 0.25) is 5.91 Å². The smallest absolute Gasteiger partial charge is 0.239 e. The molecule has 0 bridgehead atoms. The Balaban J connectivity index is 1.94. The average Bonchev–Trinajstić information content (AvgIpc) is 2.54. The molecule has 4 nitrogen and oxygen atoms in total. The van der Waals surface area contributed by atoms with E-state index in [1.807, 2.05) is 56.3 Å². The Morgan fingerprint density at radius 3 is 2.48 bits per heavy atom. The molecule has 110 valence electrons. The molecule has 0 saturated heterocycles. The number of likely N-dealkylation sites (N-methyl/N-ethyl adjacent to an activating group) is 1. The van der Waals surface area contributed by atoms with Gasteiger partial charge in [-0.05, 0) is 43.7 Å². The highest BCUT2D eigenvalue weighted by Gasteiger charge is 2.13. The number of nitrogens with zero attached hydrogens (tertiary/aromatic N) is 2. The molecule has 1 N–H and O–H groups in total. The summed E-state index contributed by atoms with van der Waals surface area (Å²) in [7, 11) is 0. The molecule has 0 fully saturated rings. The van der Waals surface area contributed by atoms with E-state index in [0.717, 1.165) is 17.8 Å². The lowest BCUT2D eigenvalue weighted by Crippen LogP contribution is -2.38. The van der Waals surface area contributed by atoms with E-state index in [4.69, 9.17) is 0 Å². The molecule has 1 aromatic carbocycles. The van der Waals surface area contributed by atoms with E-state index in [1.54, 1.807) is 12.4 Å². The third-order valence-electron chi connectivity index (χ3n) is 3.42. The number of nitrogens with one attached hydrogen (secondary N) is 1. The number of anilines is 1. The van der Waals surface area contributed by atoms with E-state index in [2.05, 4.69) is 15.2 Å². The van der Waals surface area contributed by atoms with Crippen LogP contribution in [0.2, 0.25) is 0 Å². The van der Waals surface area contributed by atoms with Crippen molar-refractivity contribution >= 4 is 11.6 Å². The van der Waals surface area contributed by atoms with Crippen LogP contribution in [-0.2, 0) is 4.79 Å². The molecule has 4 heteroatoms. The second-order valence-corrected chi connectivity index (χ2v) is 4.92. The van der Waals surface area contributed by atoms with Gasteiger partial charge in [0.15, 0.2) is 0 Å². The van der Waals surface area contributed by atoms with E-state index in [1.165, 1.54) is 0 Å². The number of para-hydroxylation sites is 1. The topological polar surface area (TPSA) is 45.2 Å². The van der Waals surface area contributed by atoms with Gasteiger partial charge in [0.25, 0.3) is 0 Å². The lowest BCUT2D eigenvalue weighted by atomic mass is 10.1. The first-order valence-corrected chi connectivity index (χ1v) is 7.20. The zero-order chi connectivity index (χ0) is 15.1. The molecule has 21 heavy (non-hydrogen) atoms. The van der Waals surface area contributed by atoms with E-state index in [-0.39, 0.29) is 11.9 Å². The number of rotatable bonds is 6. The molecule has 0 unspecified atom stereocenters. The summed E-state index contributed by atoms with van der Waals surface area (Å²) in [5.74, 6) is 0.0185. The minimum atomic E-state index is -0.0185. The van der Waals surface area contributed by atoms with Gasteiger partial charge in [0.1, 0.15) is 0 Å². The van der Waals surface area contributed by atoms with Gasteiger partial charge in [0.05, 0.1) is 12.6 Å². The van der Waals surface area contributed by atoms with Crippen LogP contribution in [-0.4, -0.2) is 24.0 Å². The Hall–Kier alpha value is -2.36. The van der Waals surface area contributed by atoms with Gasteiger partial charge in [-0.2, -0.15) is 0 Å². The number of benzene rings is 1. The molecule has 2 rings (SSSR count). The average molecular weight is 283 g/mol. The number of amides is 1. The first kappa shape index (κ1) is 15.0. The van der Waals surface area contributed by atoms with Crippen LogP contribution in [0.15, 0.2) is 54.9 Å². The fourth-order valence-electron chi connectivity index (χ4n) is 2.22. The normalized spacial score (nSPS) is 11.7. The van der Waals surface area contributed by atoms with Crippen molar-refractivity contribution in [3.8, 4) is 0 Å². The number of carbonyl (C=O) groups is 1. The van der Waals surface area contributed by atoms with Gasteiger partial charge in [-0.25, -0.2) is 0 Å². The molecule has 1 aromatic heterocycles. The van der Waals surface area contributed by atoms with Crippen molar-refractivity contribution in [1.82, 2.24) is 10.3 Å². The Kier molecular flexibility index (Phi) is 5.32. The Morgan fingerprint density at radius 1 is 1.19 bits per heavy atom. The molecular formula is C17H21N3O. The third kappa shape index (κ3) is 4.31. The molecule has 2 aromatic rings. The lowest BCUT2D eigenvalue weighted by Gasteiger charge is -2.23. The Labute approximate surface area is 125 Å². The van der Waals surface area contributed by atoms with Crippen LogP contribution in [0, 0.1) is 0 Å². The van der Waals surface area contributed by atoms with Crippen LogP contribution in [0.5, 0.6) is 0 Å². The molecule has 0 saturated carbocycles. The summed E-state index contributed by atoms with van der Waals surface area (Å²) in [6.45, 7) is 5.18. The molecule has 0 aliphatic rings. The first-order valence-electron chi connectivity index (χ1n) is 7.20. The van der Waals surface area contributed by atoms with E-state index in [0.29, 0.717) is 6.54 Å². The summed E-state index contributed by atoms with van der Waals surface area (Å²) in [6.07, 6.45) is 3.47. The van der Waals surface area contributed by atoms with Crippen LogP contribution < -0.4 is 10.2 Å². The number of hydrogen-bond donors (Lipinski definition) is 1. The first-order chi connectivity index (χ1) is 10.2. The van der Waals surface area contributed by atoms with Crippen molar-refractivity contribution in [3.05, 3.63) is 60.4 Å². The quantitative estimate of drug-likeness (QED) is 0.886. The van der Waals surface area contributed by atoms with Gasteiger partial charge in [-0.15, -0.1) is 0 Å². The minimum Gasteiger partial charge on any atom is -0.363 e. The summed E-state index contributed by atoms with van der Waals surface area (Å²) in [5, 5.41) is 3.02. The molecule has 0 spiro atoms. The Bertz CT molecular complexity index is 557. The Morgan fingerprint density at radius 2 is 1.86 bits per heavy atom. The molecule has 1 heterocycles. The SMILES string of the molecule is CCN(CC(=O)N[C@@H](C)c1ccncc1)c1ccccc1. The third-order valence-corrected chi connectivity index (χ3v) is 3.42. The van der Waals surface area contributed by atoms with Crippen molar-refractivity contribution in [3.63, 3.8) is 0 Å². The van der Waals surface area contributed by atoms with Crippen LogP contribution in [0.4, 0.5) is 5.69 Å². The van der Waals surface area contributed by atoms with Crippen molar-refractivity contribution in [2.45, 2.75) is 19.9 Å². The molecule has 0 radical (unpaired) electrons. The van der Waals surface area contributed by atoms with Gasteiger partial charge in [0, 0.05) is 24.6 Å². The minimum absolute atomic E-state index is 0.0185. The molecule has 0 aliphatic heterocycles. The number of pyridine rings is 1. The van der Waals surface area contributed by atoms with Crippen molar-refractivity contribution in [2.75, 3.05) is 18.0 Å². The summed E-state index contributed by atoms with van der Waals surface area (Å²) < 4.78 is 0. The standard InChI is InChI=1S/C17H21N3O/c1-3-20(16-7-5-4-6-8-16)13-17(21)19-14(2)15-9-11-18-12-10-15/h4-12,14H,3,13H2,1-2H3,(H,19,21)/t14-/m0/s1. The highest BCUT2D eigenvalue weighted by atomic mass is 16.2. The van der Waals surface area contributed by atoms with Crippen molar-refractivity contribution in [2.24, 2.45) is 0 Å². The maximum atomic E-state index is 12.2. The van der Waals surface area contributed by atoms with E-state index < -0.39 is 0 Å². The maximum absolute atomic E-state index is 12.2. The highest BCUT2D eigenvalue weighted by Crippen LogP contribution is 2.13. The highest BCUT2D eigenvalue weighted by molar-refractivity contribution is 5.81. The molecular weight excluding hydrogens is 262 g/mol. The predicted octanol–water partition coefficient (Wildman–Crippen LogP) is 2.79. The summed E-state index contributed by atoms with van der Waals surface area (Å²) >= 11 is 0. The second-order valence-electron chi connectivity index (χ2n) is 4.92. The van der Waals surface area contributed by atoms with Gasteiger partial charge < -0.3 is 10.2 Å². The lowest BCUT2D eigenvalue weighted by molar-refractivity contribution is -0.120. The van der Waals surface area contributed by atoms with E-state index >= 15 is 0 Å². The zero-order valence-corrected chi connectivity index (χ0v) is 12.5. The van der Waals surface area contributed by atoms with Gasteiger partial charge in [-0.3, -0.25) is 9.78 Å². The fraction of sp³-hybridized carbons (Fsp3) is 0.294.